The predicted molar refractivity (Wildman–Crippen MR) is 60.1 cm³/mol. The quantitative estimate of drug-likeness (QED) is 0.691. The number of hydrogen-bond donors (Lipinski definition) is 2. The minimum absolute atomic E-state index is 0.328. The van der Waals surface area contributed by atoms with Gasteiger partial charge in [-0.1, -0.05) is 43.7 Å². The highest BCUT2D eigenvalue weighted by Gasteiger charge is 2.13. The summed E-state index contributed by atoms with van der Waals surface area (Å²) in [6, 6.07) is 10.1. The lowest BCUT2D eigenvalue weighted by atomic mass is 9.97. The minimum Gasteiger partial charge on any atom is -0.402 e. The first-order chi connectivity index (χ1) is 7.22. The Kier molecular flexibility index (Phi) is 5.39. The summed E-state index contributed by atoms with van der Waals surface area (Å²) in [4.78, 5) is 0. The molecule has 2 N–H and O–H groups in total. The second-order valence-corrected chi connectivity index (χ2v) is 3.62. The van der Waals surface area contributed by atoms with E-state index in [1.54, 1.807) is 0 Å². The number of benzene rings is 1. The van der Waals surface area contributed by atoms with E-state index in [0.717, 1.165) is 12.8 Å². The van der Waals surface area contributed by atoms with E-state index >= 15 is 0 Å². The van der Waals surface area contributed by atoms with E-state index in [1.807, 2.05) is 18.2 Å². The van der Waals surface area contributed by atoms with Gasteiger partial charge in [0.15, 0.2) is 0 Å². The van der Waals surface area contributed by atoms with Crippen molar-refractivity contribution in [3.05, 3.63) is 35.9 Å². The van der Waals surface area contributed by atoms with Crippen LogP contribution in [0.2, 0.25) is 0 Å². The fourth-order valence-corrected chi connectivity index (χ4v) is 1.49. The zero-order valence-electron chi connectivity index (χ0n) is 8.97. The van der Waals surface area contributed by atoms with Gasteiger partial charge in [-0.2, -0.15) is 0 Å². The average Bonchev–Trinajstić information content (AvgIpc) is 2.25. The zero-order chi connectivity index (χ0) is 11.1. The molecule has 0 aliphatic heterocycles. The fraction of sp³-hybridized carbons (Fsp3) is 0.455. The topological polar surface area (TPSA) is 49.7 Å². The van der Waals surface area contributed by atoms with Crippen molar-refractivity contribution in [1.29, 1.82) is 0 Å². The van der Waals surface area contributed by atoms with E-state index in [9.17, 15) is 0 Å². The highest BCUT2D eigenvalue weighted by Crippen LogP contribution is 2.12. The summed E-state index contributed by atoms with van der Waals surface area (Å²) in [6.45, 7) is 2.45. The Morgan fingerprint density at radius 2 is 1.93 bits per heavy atom. The molecule has 0 fully saturated rings. The molecule has 3 nitrogen and oxygen atoms in total. The SMILES string of the molecule is CCC(COB(O)O)Cc1ccccc1. The van der Waals surface area contributed by atoms with Gasteiger partial charge in [-0.25, -0.2) is 0 Å². The lowest BCUT2D eigenvalue weighted by molar-refractivity contribution is 0.153. The van der Waals surface area contributed by atoms with Gasteiger partial charge in [0.2, 0.25) is 0 Å². The van der Waals surface area contributed by atoms with Crippen LogP contribution < -0.4 is 0 Å². The largest absolute Gasteiger partial charge is 0.633 e. The van der Waals surface area contributed by atoms with Crippen molar-refractivity contribution in [2.45, 2.75) is 19.8 Å². The van der Waals surface area contributed by atoms with Crippen molar-refractivity contribution in [1.82, 2.24) is 0 Å². The molecule has 0 aromatic heterocycles. The zero-order valence-corrected chi connectivity index (χ0v) is 8.97. The molecule has 0 bridgehead atoms. The van der Waals surface area contributed by atoms with Crippen molar-refractivity contribution in [3.8, 4) is 0 Å². The van der Waals surface area contributed by atoms with Crippen LogP contribution in [-0.2, 0) is 11.1 Å². The van der Waals surface area contributed by atoms with Gasteiger partial charge in [0.25, 0.3) is 0 Å². The molecule has 1 unspecified atom stereocenters. The summed E-state index contributed by atoms with van der Waals surface area (Å²) in [7, 11) is -1.66. The summed E-state index contributed by atoms with van der Waals surface area (Å²) in [6.07, 6.45) is 1.87. The van der Waals surface area contributed by atoms with Gasteiger partial charge in [-0.3, -0.25) is 0 Å². The molecule has 1 atom stereocenters. The van der Waals surface area contributed by atoms with Crippen LogP contribution in [0.1, 0.15) is 18.9 Å². The highest BCUT2D eigenvalue weighted by atomic mass is 16.6. The van der Waals surface area contributed by atoms with E-state index in [0.29, 0.717) is 12.5 Å². The van der Waals surface area contributed by atoms with Gasteiger partial charge in [-0.05, 0) is 17.9 Å². The normalized spacial score (nSPS) is 12.5. The van der Waals surface area contributed by atoms with Crippen LogP contribution in [0.5, 0.6) is 0 Å². The molecule has 0 radical (unpaired) electrons. The third-order valence-corrected chi connectivity index (χ3v) is 2.43. The molecule has 0 aliphatic carbocycles. The Balaban J connectivity index is 2.40. The van der Waals surface area contributed by atoms with E-state index in [4.69, 9.17) is 14.7 Å². The average molecular weight is 208 g/mol. The van der Waals surface area contributed by atoms with Gasteiger partial charge in [0.05, 0.1) is 0 Å². The third-order valence-electron chi connectivity index (χ3n) is 2.43. The van der Waals surface area contributed by atoms with E-state index in [-0.39, 0.29) is 0 Å². The molecule has 82 valence electrons. The van der Waals surface area contributed by atoms with Crippen LogP contribution in [0, 0.1) is 5.92 Å². The highest BCUT2D eigenvalue weighted by molar-refractivity contribution is 6.32. The van der Waals surface area contributed by atoms with Crippen LogP contribution in [0.3, 0.4) is 0 Å². The molecule has 0 spiro atoms. The first-order valence-corrected chi connectivity index (χ1v) is 5.24. The molecule has 0 amide bonds. The van der Waals surface area contributed by atoms with E-state index < -0.39 is 7.32 Å². The second-order valence-electron chi connectivity index (χ2n) is 3.62. The molecule has 1 aromatic rings. The Hall–Kier alpha value is -0.835. The summed E-state index contributed by atoms with van der Waals surface area (Å²) in [5, 5.41) is 17.2. The Labute approximate surface area is 90.9 Å². The summed E-state index contributed by atoms with van der Waals surface area (Å²) in [5.41, 5.74) is 1.25. The lowest BCUT2D eigenvalue weighted by Gasteiger charge is -2.14. The van der Waals surface area contributed by atoms with Gasteiger partial charge in [0.1, 0.15) is 0 Å². The summed E-state index contributed by atoms with van der Waals surface area (Å²) < 4.78 is 4.78. The van der Waals surface area contributed by atoms with Gasteiger partial charge in [0, 0.05) is 6.61 Å². The maximum absolute atomic E-state index is 8.60. The Morgan fingerprint density at radius 3 is 2.47 bits per heavy atom. The fourth-order valence-electron chi connectivity index (χ4n) is 1.49. The molecular weight excluding hydrogens is 191 g/mol. The van der Waals surface area contributed by atoms with Crippen LogP contribution in [0.25, 0.3) is 0 Å². The van der Waals surface area contributed by atoms with Crippen LogP contribution in [0.15, 0.2) is 30.3 Å². The number of rotatable bonds is 6. The molecule has 0 aliphatic rings. The first kappa shape index (κ1) is 12.2. The van der Waals surface area contributed by atoms with Gasteiger partial charge >= 0.3 is 7.32 Å². The monoisotopic (exact) mass is 208 g/mol. The molecule has 1 aromatic carbocycles. The van der Waals surface area contributed by atoms with Crippen molar-refractivity contribution in [3.63, 3.8) is 0 Å². The standard InChI is InChI=1S/C11H17BO3/c1-2-10(9-15-12(13)14)8-11-6-4-3-5-7-11/h3-7,10,13-14H,2,8-9H2,1H3. The molecule has 15 heavy (non-hydrogen) atoms. The maximum Gasteiger partial charge on any atom is 0.633 e. The summed E-state index contributed by atoms with van der Waals surface area (Å²) in [5.74, 6) is 0.328. The lowest BCUT2D eigenvalue weighted by Crippen LogP contribution is -2.22. The molecular formula is C11H17BO3. The van der Waals surface area contributed by atoms with Gasteiger partial charge in [-0.15, -0.1) is 0 Å². The second kappa shape index (κ2) is 6.61. The first-order valence-electron chi connectivity index (χ1n) is 5.24. The van der Waals surface area contributed by atoms with Crippen molar-refractivity contribution in [2.24, 2.45) is 5.92 Å². The van der Waals surface area contributed by atoms with E-state index in [1.165, 1.54) is 5.56 Å². The van der Waals surface area contributed by atoms with Crippen LogP contribution >= 0.6 is 0 Å². The molecule has 1 rings (SSSR count). The maximum atomic E-state index is 8.60. The molecule has 0 saturated heterocycles. The minimum atomic E-state index is -1.66. The van der Waals surface area contributed by atoms with Crippen LogP contribution in [0.4, 0.5) is 0 Å². The molecule has 0 saturated carbocycles. The van der Waals surface area contributed by atoms with Crippen molar-refractivity contribution >= 4 is 7.32 Å². The van der Waals surface area contributed by atoms with Crippen molar-refractivity contribution < 1.29 is 14.7 Å². The predicted octanol–water partition coefficient (Wildman–Crippen LogP) is 1.24. The smallest absolute Gasteiger partial charge is 0.402 e. The number of hydrogen-bond acceptors (Lipinski definition) is 3. The van der Waals surface area contributed by atoms with Crippen molar-refractivity contribution in [2.75, 3.05) is 6.61 Å². The Morgan fingerprint density at radius 1 is 1.27 bits per heavy atom. The van der Waals surface area contributed by atoms with Crippen LogP contribution in [-0.4, -0.2) is 24.0 Å². The molecule has 0 heterocycles. The molecule has 4 heteroatoms. The van der Waals surface area contributed by atoms with E-state index in [2.05, 4.69) is 19.1 Å². The van der Waals surface area contributed by atoms with Gasteiger partial charge < -0.3 is 14.7 Å². The summed E-state index contributed by atoms with van der Waals surface area (Å²) >= 11 is 0. The third kappa shape index (κ3) is 4.97. The Bertz CT molecular complexity index is 264.